The van der Waals surface area contributed by atoms with Gasteiger partial charge in [-0.25, -0.2) is 8.42 Å². The van der Waals surface area contributed by atoms with Crippen molar-refractivity contribution in [2.24, 2.45) is 17.8 Å². The van der Waals surface area contributed by atoms with Gasteiger partial charge in [0.2, 0.25) is 10.0 Å². The van der Waals surface area contributed by atoms with Gasteiger partial charge in [0.15, 0.2) is 0 Å². The van der Waals surface area contributed by atoms with Gasteiger partial charge in [-0.2, -0.15) is 4.31 Å². The average molecular weight is 449 g/mol. The summed E-state index contributed by atoms with van der Waals surface area (Å²) >= 11 is 0. The molecule has 166 valence electrons. The third-order valence-corrected chi connectivity index (χ3v) is 9.46. The highest BCUT2D eigenvalue weighted by atomic mass is 32.2. The minimum atomic E-state index is -3.60. The van der Waals surface area contributed by atoms with Gasteiger partial charge in [0.05, 0.1) is 10.6 Å². The minimum absolute atomic E-state index is 0.139. The molecule has 2 unspecified atom stereocenters. The zero-order valence-corrected chi connectivity index (χ0v) is 18.9. The van der Waals surface area contributed by atoms with Gasteiger partial charge in [-0.1, -0.05) is 30.3 Å². The Hall–Kier alpha value is -2.44. The monoisotopic (exact) mass is 448 g/mol. The standard InChI is InChI=1S/C26H28N2O3S/c29-32(30,28-16-20-10-18-9-19(11-20)13-23(28)12-18)24-14-21-5-1-2-7-25(21)26(15-24)31-17-22-6-3-4-8-27-22/h1-8,14-15,18-20,23H,9-13,16-17H2. The van der Waals surface area contributed by atoms with Crippen molar-refractivity contribution in [3.63, 3.8) is 0 Å². The lowest BCUT2D eigenvalue weighted by molar-refractivity contribution is 0.148. The number of benzene rings is 2. The maximum Gasteiger partial charge on any atom is 0.243 e. The van der Waals surface area contributed by atoms with Crippen molar-refractivity contribution >= 4 is 20.8 Å². The molecular weight excluding hydrogens is 420 g/mol. The van der Waals surface area contributed by atoms with Crippen LogP contribution in [0, 0.1) is 17.8 Å². The van der Waals surface area contributed by atoms with Crippen LogP contribution in [0.25, 0.3) is 10.8 Å². The van der Waals surface area contributed by atoms with Gasteiger partial charge in [0.25, 0.3) is 0 Å². The van der Waals surface area contributed by atoms with Crippen LogP contribution < -0.4 is 4.74 Å². The second-order valence-corrected chi connectivity index (χ2v) is 11.6. The third-order valence-electron chi connectivity index (χ3n) is 7.56. The van der Waals surface area contributed by atoms with Crippen LogP contribution in [0.5, 0.6) is 5.75 Å². The molecule has 0 N–H and O–H groups in total. The second-order valence-electron chi connectivity index (χ2n) is 9.76. The first kappa shape index (κ1) is 20.2. The molecule has 3 aromatic rings. The Kier molecular flexibility index (Phi) is 4.95. The first-order chi connectivity index (χ1) is 15.6. The van der Waals surface area contributed by atoms with Crippen molar-refractivity contribution in [3.8, 4) is 5.75 Å². The molecule has 4 aliphatic rings. The molecule has 5 nitrogen and oxygen atoms in total. The van der Waals surface area contributed by atoms with Crippen molar-refractivity contribution < 1.29 is 13.2 Å². The van der Waals surface area contributed by atoms with Crippen LogP contribution in [0.1, 0.15) is 37.8 Å². The van der Waals surface area contributed by atoms with Crippen molar-refractivity contribution in [1.29, 1.82) is 0 Å². The van der Waals surface area contributed by atoms with Crippen molar-refractivity contribution in [1.82, 2.24) is 9.29 Å². The maximum atomic E-state index is 13.9. The first-order valence-electron chi connectivity index (χ1n) is 11.6. The Morgan fingerprint density at radius 2 is 1.66 bits per heavy atom. The molecule has 0 radical (unpaired) electrons. The van der Waals surface area contributed by atoms with E-state index < -0.39 is 10.0 Å². The van der Waals surface area contributed by atoms with Gasteiger partial charge in [-0.05, 0) is 73.4 Å². The van der Waals surface area contributed by atoms with E-state index in [4.69, 9.17) is 4.74 Å². The highest BCUT2D eigenvalue weighted by Gasteiger charge is 2.46. The summed E-state index contributed by atoms with van der Waals surface area (Å²) in [5.74, 6) is 2.49. The SMILES string of the molecule is O=S(=O)(c1cc(OCc2ccccn2)c2ccccc2c1)N1CC2CC3CC(C2)CC1C3. The number of ether oxygens (including phenoxy) is 1. The van der Waals surface area contributed by atoms with Crippen molar-refractivity contribution in [2.75, 3.05) is 6.54 Å². The molecule has 1 aromatic heterocycles. The van der Waals surface area contributed by atoms with Gasteiger partial charge in [0, 0.05) is 30.2 Å². The minimum Gasteiger partial charge on any atom is -0.487 e. The number of rotatable bonds is 5. The Bertz CT molecular complexity index is 1230. The van der Waals surface area contributed by atoms with E-state index in [0.29, 0.717) is 41.6 Å². The van der Waals surface area contributed by atoms with E-state index in [1.165, 1.54) is 19.3 Å². The normalized spacial score (nSPS) is 27.5. The molecule has 2 aromatic carbocycles. The van der Waals surface area contributed by atoms with Crippen molar-refractivity contribution in [3.05, 3.63) is 66.5 Å². The summed E-state index contributed by atoms with van der Waals surface area (Å²) in [5, 5.41) is 1.79. The summed E-state index contributed by atoms with van der Waals surface area (Å²) in [7, 11) is -3.60. The summed E-state index contributed by atoms with van der Waals surface area (Å²) in [5.41, 5.74) is 0.811. The lowest BCUT2D eigenvalue weighted by atomic mass is 9.68. The summed E-state index contributed by atoms with van der Waals surface area (Å²) in [6.45, 7) is 0.961. The molecule has 2 aliphatic carbocycles. The number of pyridine rings is 1. The van der Waals surface area contributed by atoms with E-state index in [-0.39, 0.29) is 6.04 Å². The van der Waals surface area contributed by atoms with Gasteiger partial charge in [-0.3, -0.25) is 4.98 Å². The zero-order chi connectivity index (χ0) is 21.7. The predicted octanol–water partition coefficient (Wildman–Crippen LogP) is 5.01. The van der Waals surface area contributed by atoms with E-state index in [2.05, 4.69) is 4.98 Å². The van der Waals surface area contributed by atoms with E-state index in [0.717, 1.165) is 29.3 Å². The molecular formula is C26H28N2O3S. The number of fused-ring (bicyclic) bond motifs is 2. The number of aromatic nitrogens is 1. The van der Waals surface area contributed by atoms with Crippen LogP contribution in [0.3, 0.4) is 0 Å². The van der Waals surface area contributed by atoms with Gasteiger partial charge in [-0.15, -0.1) is 0 Å². The summed E-state index contributed by atoms with van der Waals surface area (Å²) in [6.07, 6.45) is 7.44. The third kappa shape index (κ3) is 3.59. The molecule has 3 heterocycles. The van der Waals surface area contributed by atoms with Crippen LogP contribution in [0.2, 0.25) is 0 Å². The molecule has 32 heavy (non-hydrogen) atoms. The lowest BCUT2D eigenvalue weighted by Gasteiger charge is -2.38. The lowest BCUT2D eigenvalue weighted by Crippen LogP contribution is -2.42. The largest absolute Gasteiger partial charge is 0.487 e. The molecule has 0 spiro atoms. The molecule has 6 heteroatoms. The Morgan fingerprint density at radius 1 is 0.906 bits per heavy atom. The van der Waals surface area contributed by atoms with Gasteiger partial charge < -0.3 is 4.74 Å². The molecule has 7 rings (SSSR count). The molecule has 2 saturated carbocycles. The summed E-state index contributed by atoms with van der Waals surface area (Å²) < 4.78 is 35.8. The fraction of sp³-hybridized carbons (Fsp3) is 0.423. The van der Waals surface area contributed by atoms with Crippen LogP contribution >= 0.6 is 0 Å². The first-order valence-corrected chi connectivity index (χ1v) is 13.1. The molecule has 2 saturated heterocycles. The van der Waals surface area contributed by atoms with E-state index in [1.807, 2.05) is 52.8 Å². The molecule has 0 amide bonds. The Morgan fingerprint density at radius 3 is 2.44 bits per heavy atom. The van der Waals surface area contributed by atoms with E-state index in [9.17, 15) is 8.42 Å². The zero-order valence-electron chi connectivity index (χ0n) is 18.1. The average Bonchev–Trinajstić information content (AvgIpc) is 3.01. The Balaban J connectivity index is 1.38. The summed E-state index contributed by atoms with van der Waals surface area (Å²) in [6, 6.07) is 17.2. The van der Waals surface area contributed by atoms with E-state index in [1.54, 1.807) is 12.3 Å². The van der Waals surface area contributed by atoms with E-state index >= 15 is 0 Å². The number of hydrogen-bond donors (Lipinski definition) is 0. The smallest absolute Gasteiger partial charge is 0.243 e. The van der Waals surface area contributed by atoms with Gasteiger partial charge >= 0.3 is 0 Å². The van der Waals surface area contributed by atoms with Crippen LogP contribution in [0.15, 0.2) is 65.7 Å². The number of nitrogens with zero attached hydrogens (tertiary/aromatic N) is 2. The second kappa shape index (κ2) is 7.85. The quantitative estimate of drug-likeness (QED) is 0.550. The van der Waals surface area contributed by atoms with Crippen LogP contribution in [0.4, 0.5) is 0 Å². The fourth-order valence-electron chi connectivity index (χ4n) is 6.32. The van der Waals surface area contributed by atoms with Gasteiger partial charge in [0.1, 0.15) is 12.4 Å². The van der Waals surface area contributed by atoms with Crippen LogP contribution in [-0.4, -0.2) is 30.3 Å². The summed E-state index contributed by atoms with van der Waals surface area (Å²) in [4.78, 5) is 4.67. The van der Waals surface area contributed by atoms with Crippen LogP contribution in [-0.2, 0) is 16.6 Å². The molecule has 2 atom stereocenters. The van der Waals surface area contributed by atoms with Crippen molar-refractivity contribution in [2.45, 2.75) is 49.6 Å². The Labute approximate surface area is 189 Å². The fourth-order valence-corrected chi connectivity index (χ4v) is 8.10. The molecule has 4 bridgehead atoms. The topological polar surface area (TPSA) is 59.5 Å². The highest BCUT2D eigenvalue weighted by molar-refractivity contribution is 7.89. The number of sulfonamides is 1. The highest BCUT2D eigenvalue weighted by Crippen LogP contribution is 2.49. The predicted molar refractivity (Wildman–Crippen MR) is 124 cm³/mol. The molecule has 2 aliphatic heterocycles. The maximum absolute atomic E-state index is 13.9. The molecule has 4 fully saturated rings. The number of hydrogen-bond acceptors (Lipinski definition) is 4.